The van der Waals surface area contributed by atoms with Crippen LogP contribution in [0.5, 0.6) is 0 Å². The van der Waals surface area contributed by atoms with Crippen LogP contribution < -0.4 is 5.32 Å². The molecule has 0 bridgehead atoms. The average molecular weight is 275 g/mol. The van der Waals surface area contributed by atoms with E-state index in [-0.39, 0.29) is 18.4 Å². The predicted octanol–water partition coefficient (Wildman–Crippen LogP) is 1.05. The molecule has 4 nitrogen and oxygen atoms in total. The zero-order valence-corrected chi connectivity index (χ0v) is 11.6. The Labute approximate surface area is 115 Å². The van der Waals surface area contributed by atoms with Gasteiger partial charge in [-0.25, -0.2) is 0 Å². The fraction of sp³-hybridized carbons (Fsp3) is 0.923. The SMILES string of the molecule is Cl.O=C(CC1COCCN1)N1CC2CCCC2C1. The van der Waals surface area contributed by atoms with Crippen LogP contribution in [0.3, 0.4) is 0 Å². The third-order valence-corrected chi connectivity index (χ3v) is 4.50. The number of likely N-dealkylation sites (tertiary alicyclic amines) is 1. The van der Waals surface area contributed by atoms with Gasteiger partial charge in [0.2, 0.25) is 5.91 Å². The Morgan fingerprint density at radius 1 is 1.28 bits per heavy atom. The lowest BCUT2D eigenvalue weighted by atomic mass is 10.0. The highest BCUT2D eigenvalue weighted by Gasteiger charge is 2.38. The summed E-state index contributed by atoms with van der Waals surface area (Å²) >= 11 is 0. The van der Waals surface area contributed by atoms with E-state index >= 15 is 0 Å². The second kappa shape index (κ2) is 6.22. The van der Waals surface area contributed by atoms with Gasteiger partial charge in [0.15, 0.2) is 0 Å². The van der Waals surface area contributed by atoms with E-state index < -0.39 is 0 Å². The molecule has 3 aliphatic rings. The number of rotatable bonds is 2. The van der Waals surface area contributed by atoms with Gasteiger partial charge in [0.05, 0.1) is 13.2 Å². The second-order valence-electron chi connectivity index (χ2n) is 5.68. The molecule has 104 valence electrons. The number of amides is 1. The van der Waals surface area contributed by atoms with Crippen LogP contribution in [-0.4, -0.2) is 49.7 Å². The summed E-state index contributed by atoms with van der Waals surface area (Å²) in [6.07, 6.45) is 4.65. The lowest BCUT2D eigenvalue weighted by molar-refractivity contribution is -0.131. The molecule has 3 unspecified atom stereocenters. The monoisotopic (exact) mass is 274 g/mol. The molecule has 2 heterocycles. The van der Waals surface area contributed by atoms with E-state index in [1.807, 2.05) is 0 Å². The Balaban J connectivity index is 0.00000120. The summed E-state index contributed by atoms with van der Waals surface area (Å²) < 4.78 is 5.39. The van der Waals surface area contributed by atoms with Crippen molar-refractivity contribution in [3.63, 3.8) is 0 Å². The van der Waals surface area contributed by atoms with Gasteiger partial charge in [0.25, 0.3) is 0 Å². The molecule has 2 aliphatic heterocycles. The van der Waals surface area contributed by atoms with Gasteiger partial charge in [-0.1, -0.05) is 6.42 Å². The number of hydrogen-bond acceptors (Lipinski definition) is 3. The van der Waals surface area contributed by atoms with Gasteiger partial charge in [-0.15, -0.1) is 12.4 Å². The van der Waals surface area contributed by atoms with E-state index in [1.54, 1.807) is 0 Å². The van der Waals surface area contributed by atoms with Crippen LogP contribution in [-0.2, 0) is 9.53 Å². The molecule has 1 aliphatic carbocycles. The molecular formula is C13H23ClN2O2. The number of ether oxygens (including phenoxy) is 1. The molecule has 0 spiro atoms. The molecule has 1 amide bonds. The molecule has 3 atom stereocenters. The summed E-state index contributed by atoms with van der Waals surface area (Å²) in [7, 11) is 0. The second-order valence-corrected chi connectivity index (χ2v) is 5.68. The van der Waals surface area contributed by atoms with Gasteiger partial charge in [-0.3, -0.25) is 4.79 Å². The molecule has 3 rings (SSSR count). The molecule has 18 heavy (non-hydrogen) atoms. The molecule has 1 saturated carbocycles. The summed E-state index contributed by atoms with van der Waals surface area (Å²) in [5, 5.41) is 3.35. The van der Waals surface area contributed by atoms with Crippen LogP contribution in [0, 0.1) is 11.8 Å². The van der Waals surface area contributed by atoms with Gasteiger partial charge in [-0.05, 0) is 24.7 Å². The minimum atomic E-state index is 0. The molecule has 2 saturated heterocycles. The van der Waals surface area contributed by atoms with Crippen LogP contribution >= 0.6 is 12.4 Å². The van der Waals surface area contributed by atoms with Crippen molar-refractivity contribution in [1.29, 1.82) is 0 Å². The summed E-state index contributed by atoms with van der Waals surface area (Å²) in [5.74, 6) is 1.92. The summed E-state index contributed by atoms with van der Waals surface area (Å²) in [5.41, 5.74) is 0. The first-order valence-corrected chi connectivity index (χ1v) is 6.92. The number of fused-ring (bicyclic) bond motifs is 1. The fourth-order valence-electron chi connectivity index (χ4n) is 3.53. The molecule has 0 aromatic heterocycles. The summed E-state index contributed by atoms with van der Waals surface area (Å²) in [6, 6.07) is 0.233. The van der Waals surface area contributed by atoms with E-state index in [4.69, 9.17) is 4.74 Å². The lowest BCUT2D eigenvalue weighted by Gasteiger charge is -2.26. The molecule has 5 heteroatoms. The number of hydrogen-bond donors (Lipinski definition) is 1. The minimum absolute atomic E-state index is 0. The molecule has 1 N–H and O–H groups in total. The quantitative estimate of drug-likeness (QED) is 0.818. The highest BCUT2D eigenvalue weighted by molar-refractivity contribution is 5.85. The summed E-state index contributed by atoms with van der Waals surface area (Å²) in [4.78, 5) is 14.3. The van der Waals surface area contributed by atoms with E-state index in [0.29, 0.717) is 18.9 Å². The molecular weight excluding hydrogens is 252 g/mol. The first kappa shape index (κ1) is 14.1. The van der Waals surface area contributed by atoms with Gasteiger partial charge in [0.1, 0.15) is 0 Å². The van der Waals surface area contributed by atoms with Gasteiger partial charge in [-0.2, -0.15) is 0 Å². The number of nitrogens with one attached hydrogen (secondary N) is 1. The van der Waals surface area contributed by atoms with Crippen molar-refractivity contribution in [2.24, 2.45) is 11.8 Å². The molecule has 3 fully saturated rings. The largest absolute Gasteiger partial charge is 0.378 e. The van der Waals surface area contributed by atoms with Crippen molar-refractivity contribution >= 4 is 18.3 Å². The Morgan fingerprint density at radius 2 is 2.00 bits per heavy atom. The standard InChI is InChI=1S/C13H22N2O2.ClH/c16-13(6-12-9-17-5-4-14-12)15-7-10-2-1-3-11(10)8-15;/h10-12,14H,1-9H2;1H. The van der Waals surface area contributed by atoms with Gasteiger partial charge >= 0.3 is 0 Å². The topological polar surface area (TPSA) is 41.6 Å². The zero-order valence-electron chi connectivity index (χ0n) is 10.8. The third-order valence-electron chi connectivity index (χ3n) is 4.50. The van der Waals surface area contributed by atoms with Crippen molar-refractivity contribution < 1.29 is 9.53 Å². The van der Waals surface area contributed by atoms with E-state index in [1.165, 1.54) is 19.3 Å². The number of halogens is 1. The summed E-state index contributed by atoms with van der Waals surface area (Å²) in [6.45, 7) is 4.36. The maximum Gasteiger partial charge on any atom is 0.224 e. The average Bonchev–Trinajstić information content (AvgIpc) is 2.90. The highest BCUT2D eigenvalue weighted by Crippen LogP contribution is 2.37. The lowest BCUT2D eigenvalue weighted by Crippen LogP contribution is -2.44. The number of carbonyl (C=O) groups excluding carboxylic acids is 1. The normalized spacial score (nSPS) is 35.1. The Kier molecular flexibility index (Phi) is 4.87. The smallest absolute Gasteiger partial charge is 0.224 e. The minimum Gasteiger partial charge on any atom is -0.378 e. The van der Waals surface area contributed by atoms with E-state index in [9.17, 15) is 4.79 Å². The number of nitrogens with zero attached hydrogens (tertiary/aromatic N) is 1. The maximum absolute atomic E-state index is 12.2. The van der Waals surface area contributed by atoms with Crippen molar-refractivity contribution in [2.75, 3.05) is 32.8 Å². The zero-order chi connectivity index (χ0) is 11.7. The number of carbonyl (C=O) groups is 1. The Morgan fingerprint density at radius 3 is 2.61 bits per heavy atom. The van der Waals surface area contributed by atoms with Gasteiger partial charge < -0.3 is 15.0 Å². The van der Waals surface area contributed by atoms with Crippen molar-refractivity contribution in [1.82, 2.24) is 10.2 Å². The highest BCUT2D eigenvalue weighted by atomic mass is 35.5. The van der Waals surface area contributed by atoms with Crippen LogP contribution in [0.4, 0.5) is 0 Å². The molecule has 0 aromatic rings. The molecule has 0 aromatic carbocycles. The van der Waals surface area contributed by atoms with Crippen LogP contribution in [0.15, 0.2) is 0 Å². The van der Waals surface area contributed by atoms with Crippen molar-refractivity contribution in [2.45, 2.75) is 31.7 Å². The predicted molar refractivity (Wildman–Crippen MR) is 71.9 cm³/mol. The van der Waals surface area contributed by atoms with E-state index in [0.717, 1.165) is 38.1 Å². The Bertz CT molecular complexity index is 283. The van der Waals surface area contributed by atoms with Gasteiger partial charge in [0, 0.05) is 32.1 Å². The first-order chi connectivity index (χ1) is 8.33. The van der Waals surface area contributed by atoms with Crippen molar-refractivity contribution in [3.8, 4) is 0 Å². The van der Waals surface area contributed by atoms with Crippen molar-refractivity contribution in [3.05, 3.63) is 0 Å². The fourth-order valence-corrected chi connectivity index (χ4v) is 3.53. The molecule has 0 radical (unpaired) electrons. The Hall–Kier alpha value is -0.320. The first-order valence-electron chi connectivity index (χ1n) is 6.92. The number of morpholine rings is 1. The van der Waals surface area contributed by atoms with Crippen LogP contribution in [0.2, 0.25) is 0 Å². The maximum atomic E-state index is 12.2. The van der Waals surface area contributed by atoms with Crippen LogP contribution in [0.1, 0.15) is 25.7 Å². The third kappa shape index (κ3) is 2.98. The van der Waals surface area contributed by atoms with E-state index in [2.05, 4.69) is 10.2 Å². The van der Waals surface area contributed by atoms with Crippen LogP contribution in [0.25, 0.3) is 0 Å².